The highest BCUT2D eigenvalue weighted by Crippen LogP contribution is 2.35. The van der Waals surface area contributed by atoms with Gasteiger partial charge in [-0.3, -0.25) is 4.79 Å². The van der Waals surface area contributed by atoms with Crippen molar-refractivity contribution in [1.29, 1.82) is 0 Å². The van der Waals surface area contributed by atoms with E-state index in [0.29, 0.717) is 23.4 Å². The quantitative estimate of drug-likeness (QED) is 0.722. The zero-order valence-electron chi connectivity index (χ0n) is 13.8. The molecule has 3 aromatic rings. The summed E-state index contributed by atoms with van der Waals surface area (Å²) in [6, 6.07) is 11.1. The molecule has 2 atom stereocenters. The maximum atomic E-state index is 11.7. The fourth-order valence-electron chi connectivity index (χ4n) is 3.35. The number of aromatic amines is 1. The third-order valence-corrected chi connectivity index (χ3v) is 4.90. The largest absolute Gasteiger partial charge is 0.507 e. The summed E-state index contributed by atoms with van der Waals surface area (Å²) in [5, 5.41) is 19.4. The Morgan fingerprint density at radius 2 is 2.16 bits per heavy atom. The van der Waals surface area contributed by atoms with Crippen LogP contribution in [-0.2, 0) is 4.79 Å². The molecule has 0 bridgehead atoms. The monoisotopic (exact) mass is 334 g/mol. The number of phenols is 1. The van der Waals surface area contributed by atoms with Gasteiger partial charge in [-0.15, -0.1) is 10.2 Å². The Bertz CT molecular complexity index is 978. The molecule has 2 aromatic heterocycles. The van der Waals surface area contributed by atoms with Gasteiger partial charge in [0.05, 0.1) is 5.69 Å². The molecule has 6 heteroatoms. The molecule has 3 heterocycles. The molecular weight excluding hydrogens is 316 g/mol. The second kappa shape index (κ2) is 5.73. The number of benzene rings is 1. The number of rotatable bonds is 3. The number of fused-ring (bicyclic) bond motifs is 1. The molecule has 0 saturated carbocycles. The number of likely N-dealkylation sites (tertiary alicyclic amines) is 1. The summed E-state index contributed by atoms with van der Waals surface area (Å²) in [6.07, 6.45) is 1.35. The van der Waals surface area contributed by atoms with E-state index in [0.717, 1.165) is 11.1 Å². The molecule has 4 rings (SSSR count). The Kier molecular flexibility index (Phi) is 3.53. The fourth-order valence-corrected chi connectivity index (χ4v) is 3.35. The highest BCUT2D eigenvalue weighted by Gasteiger charge is 2.39. The summed E-state index contributed by atoms with van der Waals surface area (Å²) in [5.74, 6) is 0.381. The molecule has 126 valence electrons. The van der Waals surface area contributed by atoms with Crippen molar-refractivity contribution in [2.24, 2.45) is 0 Å². The lowest BCUT2D eigenvalue weighted by atomic mass is 9.87. The van der Waals surface area contributed by atoms with E-state index < -0.39 is 0 Å². The molecule has 0 spiro atoms. The second-order valence-electron chi connectivity index (χ2n) is 6.32. The van der Waals surface area contributed by atoms with Crippen LogP contribution < -0.4 is 0 Å². The Balaban J connectivity index is 1.65. The van der Waals surface area contributed by atoms with E-state index in [4.69, 9.17) is 0 Å². The van der Waals surface area contributed by atoms with Crippen LogP contribution >= 0.6 is 0 Å². The third-order valence-electron chi connectivity index (χ3n) is 4.90. The van der Waals surface area contributed by atoms with Crippen LogP contribution in [0.4, 0.5) is 0 Å². The minimum absolute atomic E-state index is 0.0403. The van der Waals surface area contributed by atoms with Crippen LogP contribution in [0.5, 0.6) is 5.75 Å². The SMILES string of the molecule is C=CC(=O)N1C[C@H](c2cc3cc(-c4ccccc4O)nnc3[nH]2)[C@H]1C. The molecule has 25 heavy (non-hydrogen) atoms. The second-order valence-corrected chi connectivity index (χ2v) is 6.32. The molecule has 1 fully saturated rings. The van der Waals surface area contributed by atoms with Gasteiger partial charge in [-0.2, -0.15) is 0 Å². The van der Waals surface area contributed by atoms with Crippen molar-refractivity contribution in [3.63, 3.8) is 0 Å². The number of phenolic OH excluding ortho intramolecular Hbond substituents is 1. The van der Waals surface area contributed by atoms with E-state index in [-0.39, 0.29) is 23.6 Å². The number of carbonyl (C=O) groups excluding carboxylic acids is 1. The van der Waals surface area contributed by atoms with Crippen LogP contribution in [0.15, 0.2) is 49.1 Å². The molecule has 0 aliphatic carbocycles. The van der Waals surface area contributed by atoms with Crippen LogP contribution in [0, 0.1) is 0 Å². The smallest absolute Gasteiger partial charge is 0.246 e. The molecule has 1 saturated heterocycles. The minimum atomic E-state index is -0.0403. The molecule has 1 amide bonds. The van der Waals surface area contributed by atoms with Gasteiger partial charge in [0.1, 0.15) is 5.75 Å². The number of aromatic hydroxyl groups is 1. The molecule has 6 nitrogen and oxygen atoms in total. The van der Waals surface area contributed by atoms with Gasteiger partial charge in [0.25, 0.3) is 0 Å². The van der Waals surface area contributed by atoms with Crippen molar-refractivity contribution in [3.8, 4) is 17.0 Å². The first-order valence-corrected chi connectivity index (χ1v) is 8.16. The predicted octanol–water partition coefficient (Wildman–Crippen LogP) is 2.83. The van der Waals surface area contributed by atoms with Gasteiger partial charge < -0.3 is 15.0 Å². The molecular formula is C19H18N4O2. The first-order chi connectivity index (χ1) is 12.1. The van der Waals surface area contributed by atoms with E-state index in [2.05, 4.69) is 21.8 Å². The number of hydrogen-bond acceptors (Lipinski definition) is 4. The van der Waals surface area contributed by atoms with Gasteiger partial charge in [-0.25, -0.2) is 0 Å². The van der Waals surface area contributed by atoms with Gasteiger partial charge in [0, 0.05) is 35.1 Å². The number of nitrogens with one attached hydrogen (secondary N) is 1. The highest BCUT2D eigenvalue weighted by molar-refractivity contribution is 5.88. The van der Waals surface area contributed by atoms with E-state index in [1.165, 1.54) is 6.08 Å². The Morgan fingerprint density at radius 3 is 2.88 bits per heavy atom. The van der Waals surface area contributed by atoms with Crippen molar-refractivity contribution in [1.82, 2.24) is 20.1 Å². The van der Waals surface area contributed by atoms with Crippen molar-refractivity contribution in [3.05, 3.63) is 54.7 Å². The average Bonchev–Trinajstić information content (AvgIpc) is 3.02. The summed E-state index contributed by atoms with van der Waals surface area (Å²) in [6.45, 7) is 6.23. The maximum absolute atomic E-state index is 11.7. The van der Waals surface area contributed by atoms with Crippen LogP contribution in [0.25, 0.3) is 22.3 Å². The maximum Gasteiger partial charge on any atom is 0.246 e. The first-order valence-electron chi connectivity index (χ1n) is 8.16. The normalized spacial score (nSPS) is 19.6. The minimum Gasteiger partial charge on any atom is -0.507 e. The van der Waals surface area contributed by atoms with Crippen LogP contribution in [-0.4, -0.2) is 43.7 Å². The average molecular weight is 334 g/mol. The van der Waals surface area contributed by atoms with Gasteiger partial charge in [-0.1, -0.05) is 18.7 Å². The molecule has 1 aliphatic rings. The summed E-state index contributed by atoms with van der Waals surface area (Å²) in [5.41, 5.74) is 3.02. The number of hydrogen-bond donors (Lipinski definition) is 2. The zero-order chi connectivity index (χ0) is 17.6. The van der Waals surface area contributed by atoms with Gasteiger partial charge >= 0.3 is 0 Å². The van der Waals surface area contributed by atoms with E-state index in [1.807, 2.05) is 31.2 Å². The lowest BCUT2D eigenvalue weighted by Gasteiger charge is -2.45. The number of para-hydroxylation sites is 1. The molecule has 0 radical (unpaired) electrons. The van der Waals surface area contributed by atoms with Crippen molar-refractivity contribution >= 4 is 16.9 Å². The van der Waals surface area contributed by atoms with E-state index >= 15 is 0 Å². The lowest BCUT2D eigenvalue weighted by molar-refractivity contribution is -0.134. The fraction of sp³-hybridized carbons (Fsp3) is 0.211. The number of amides is 1. The summed E-state index contributed by atoms with van der Waals surface area (Å²) in [4.78, 5) is 16.8. The van der Waals surface area contributed by atoms with Crippen molar-refractivity contribution < 1.29 is 9.90 Å². The Morgan fingerprint density at radius 1 is 1.36 bits per heavy atom. The van der Waals surface area contributed by atoms with Crippen molar-refractivity contribution in [2.75, 3.05) is 6.54 Å². The third kappa shape index (κ3) is 2.46. The zero-order valence-corrected chi connectivity index (χ0v) is 13.8. The summed E-state index contributed by atoms with van der Waals surface area (Å²) in [7, 11) is 0. The Labute approximate surface area is 144 Å². The van der Waals surface area contributed by atoms with Crippen LogP contribution in [0.1, 0.15) is 18.5 Å². The molecule has 0 unspecified atom stereocenters. The van der Waals surface area contributed by atoms with Crippen LogP contribution in [0.3, 0.4) is 0 Å². The molecule has 2 N–H and O–H groups in total. The lowest BCUT2D eigenvalue weighted by Crippen LogP contribution is -2.55. The first kappa shape index (κ1) is 15.4. The van der Waals surface area contributed by atoms with Crippen molar-refractivity contribution in [2.45, 2.75) is 18.9 Å². The summed E-state index contributed by atoms with van der Waals surface area (Å²) >= 11 is 0. The predicted molar refractivity (Wildman–Crippen MR) is 95.1 cm³/mol. The summed E-state index contributed by atoms with van der Waals surface area (Å²) < 4.78 is 0. The number of aromatic nitrogens is 3. The molecule has 1 aromatic carbocycles. The van der Waals surface area contributed by atoms with E-state index in [9.17, 15) is 9.90 Å². The Hall–Kier alpha value is -3.15. The number of carbonyl (C=O) groups is 1. The number of H-pyrrole nitrogens is 1. The highest BCUT2D eigenvalue weighted by atomic mass is 16.3. The van der Waals surface area contributed by atoms with Gasteiger partial charge in [-0.05, 0) is 37.3 Å². The standard InChI is InChI=1S/C19H18N4O2/c1-3-18(25)23-10-14(11(23)2)15-8-12-9-16(21-22-19(12)20-15)13-6-4-5-7-17(13)24/h3-9,11,14,24H,1,10H2,2H3,(H,20,22)/t11-,14+/m1/s1. The number of nitrogens with zero attached hydrogens (tertiary/aromatic N) is 3. The molecule has 1 aliphatic heterocycles. The topological polar surface area (TPSA) is 82.1 Å². The van der Waals surface area contributed by atoms with Crippen LogP contribution in [0.2, 0.25) is 0 Å². The van der Waals surface area contributed by atoms with Gasteiger partial charge in [0.15, 0.2) is 5.65 Å². The van der Waals surface area contributed by atoms with E-state index in [1.54, 1.807) is 17.0 Å². The van der Waals surface area contributed by atoms with Gasteiger partial charge in [0.2, 0.25) is 5.91 Å².